The highest BCUT2D eigenvalue weighted by Gasteiger charge is 2.27. The van der Waals surface area contributed by atoms with Crippen molar-refractivity contribution in [2.45, 2.75) is 12.2 Å². The maximum Gasteiger partial charge on any atom is 0.335 e. The van der Waals surface area contributed by atoms with Crippen molar-refractivity contribution < 1.29 is 24.5 Å². The first kappa shape index (κ1) is 12.1. The van der Waals surface area contributed by atoms with Crippen molar-refractivity contribution in [2.75, 3.05) is 0 Å². The lowest BCUT2D eigenvalue weighted by atomic mass is 10.0. The van der Waals surface area contributed by atoms with Crippen LogP contribution in [-0.2, 0) is 4.79 Å². The number of carboxylic acids is 1. The number of carboxylic acid groups (broad SMARTS) is 1. The van der Waals surface area contributed by atoms with E-state index in [1.54, 1.807) is 0 Å². The van der Waals surface area contributed by atoms with Gasteiger partial charge in [0.2, 0.25) is 0 Å². The van der Waals surface area contributed by atoms with Gasteiger partial charge in [-0.05, 0) is 22.0 Å². The molecule has 1 aromatic carbocycles. The molecule has 2 atom stereocenters. The van der Waals surface area contributed by atoms with Gasteiger partial charge in [-0.25, -0.2) is 9.18 Å². The van der Waals surface area contributed by atoms with Gasteiger partial charge in [0.25, 0.3) is 0 Å². The van der Waals surface area contributed by atoms with Gasteiger partial charge in [0, 0.05) is 5.56 Å². The molecule has 0 aromatic heterocycles. The third-order valence-electron chi connectivity index (χ3n) is 1.85. The molecule has 0 spiro atoms. The second-order valence-corrected chi connectivity index (χ2v) is 3.73. The van der Waals surface area contributed by atoms with Crippen molar-refractivity contribution in [1.29, 1.82) is 0 Å². The van der Waals surface area contributed by atoms with E-state index in [2.05, 4.69) is 15.9 Å². The Bertz CT molecular complexity index is 382. The summed E-state index contributed by atoms with van der Waals surface area (Å²) >= 11 is 2.89. The molecule has 0 aliphatic rings. The summed E-state index contributed by atoms with van der Waals surface area (Å²) in [4.78, 5) is 10.4. The molecule has 4 nitrogen and oxygen atoms in total. The largest absolute Gasteiger partial charge is 0.479 e. The average molecular weight is 279 g/mol. The fraction of sp³-hybridized carbons (Fsp3) is 0.222. The van der Waals surface area contributed by atoms with Gasteiger partial charge in [0.05, 0.1) is 4.47 Å². The van der Waals surface area contributed by atoms with E-state index in [1.807, 2.05) is 0 Å². The number of aliphatic hydroxyl groups is 2. The molecule has 0 amide bonds. The number of hydrogen-bond donors (Lipinski definition) is 3. The molecule has 0 saturated carbocycles. The summed E-state index contributed by atoms with van der Waals surface area (Å²) in [7, 11) is 0. The van der Waals surface area contributed by atoms with Crippen LogP contribution in [0.3, 0.4) is 0 Å². The lowest BCUT2D eigenvalue weighted by Crippen LogP contribution is -2.28. The van der Waals surface area contributed by atoms with Crippen molar-refractivity contribution >= 4 is 21.9 Å². The highest BCUT2D eigenvalue weighted by Crippen LogP contribution is 2.25. The third kappa shape index (κ3) is 2.53. The fourth-order valence-electron chi connectivity index (χ4n) is 1.05. The first-order chi connectivity index (χ1) is 6.95. The number of halogens is 2. The standard InChI is InChI=1S/C9H8BrFO4/c10-5-3-1-2-4(6(5)11)7(12)8(13)9(14)15/h1-3,7-8,12-13H,(H,14,15). The van der Waals surface area contributed by atoms with E-state index in [0.29, 0.717) is 0 Å². The molecule has 1 rings (SSSR count). The monoisotopic (exact) mass is 278 g/mol. The summed E-state index contributed by atoms with van der Waals surface area (Å²) in [5.74, 6) is -2.40. The Morgan fingerprint density at radius 1 is 1.40 bits per heavy atom. The molecule has 0 aliphatic heterocycles. The molecule has 0 heterocycles. The van der Waals surface area contributed by atoms with E-state index in [1.165, 1.54) is 18.2 Å². The molecular weight excluding hydrogens is 271 g/mol. The predicted octanol–water partition coefficient (Wildman–Crippen LogP) is 1.07. The van der Waals surface area contributed by atoms with E-state index in [9.17, 15) is 14.3 Å². The zero-order valence-electron chi connectivity index (χ0n) is 7.39. The molecule has 3 N–H and O–H groups in total. The van der Waals surface area contributed by atoms with Crippen molar-refractivity contribution in [3.8, 4) is 0 Å². The third-order valence-corrected chi connectivity index (χ3v) is 2.46. The number of benzene rings is 1. The van der Waals surface area contributed by atoms with Crippen LogP contribution < -0.4 is 0 Å². The summed E-state index contributed by atoms with van der Waals surface area (Å²) in [6, 6.07) is 4.04. The number of carbonyl (C=O) groups is 1. The number of hydrogen-bond acceptors (Lipinski definition) is 3. The predicted molar refractivity (Wildman–Crippen MR) is 52.7 cm³/mol. The lowest BCUT2D eigenvalue weighted by molar-refractivity contribution is -0.153. The Labute approximate surface area is 93.1 Å². The number of aliphatic carboxylic acids is 1. The van der Waals surface area contributed by atoms with Crippen LogP contribution in [0.15, 0.2) is 22.7 Å². The molecule has 0 radical (unpaired) electrons. The molecule has 1 aromatic rings. The van der Waals surface area contributed by atoms with Crippen LogP contribution in [0.4, 0.5) is 4.39 Å². The lowest BCUT2D eigenvalue weighted by Gasteiger charge is -2.15. The second-order valence-electron chi connectivity index (χ2n) is 2.87. The zero-order chi connectivity index (χ0) is 11.6. The molecule has 6 heteroatoms. The maximum absolute atomic E-state index is 13.4. The Balaban J connectivity index is 3.06. The summed E-state index contributed by atoms with van der Waals surface area (Å²) in [6.07, 6.45) is -3.84. The van der Waals surface area contributed by atoms with Gasteiger partial charge in [-0.3, -0.25) is 0 Å². The second kappa shape index (κ2) is 4.69. The van der Waals surface area contributed by atoms with E-state index in [4.69, 9.17) is 10.2 Å². The van der Waals surface area contributed by atoms with Crippen LogP contribution in [-0.4, -0.2) is 27.4 Å². The molecular formula is C9H8BrFO4. The zero-order valence-corrected chi connectivity index (χ0v) is 8.98. The first-order valence-electron chi connectivity index (χ1n) is 3.98. The average Bonchev–Trinajstić information content (AvgIpc) is 2.20. The Morgan fingerprint density at radius 3 is 2.53 bits per heavy atom. The minimum absolute atomic E-state index is 0.0941. The molecule has 82 valence electrons. The Morgan fingerprint density at radius 2 is 2.00 bits per heavy atom. The molecule has 0 fully saturated rings. The van der Waals surface area contributed by atoms with E-state index < -0.39 is 24.0 Å². The van der Waals surface area contributed by atoms with Crippen LogP contribution in [0.25, 0.3) is 0 Å². The quantitative estimate of drug-likeness (QED) is 0.773. The molecule has 0 saturated heterocycles. The van der Waals surface area contributed by atoms with Gasteiger partial charge < -0.3 is 15.3 Å². The SMILES string of the molecule is O=C(O)C(O)C(O)c1cccc(Br)c1F. The minimum Gasteiger partial charge on any atom is -0.479 e. The summed E-state index contributed by atoms with van der Waals surface area (Å²) in [5.41, 5.74) is -0.265. The highest BCUT2D eigenvalue weighted by molar-refractivity contribution is 9.10. The Kier molecular flexibility index (Phi) is 3.78. The van der Waals surface area contributed by atoms with Gasteiger partial charge in [-0.15, -0.1) is 0 Å². The summed E-state index contributed by atoms with van der Waals surface area (Å²) < 4.78 is 13.5. The van der Waals surface area contributed by atoms with Gasteiger partial charge in [0.15, 0.2) is 6.10 Å². The van der Waals surface area contributed by atoms with E-state index >= 15 is 0 Å². The summed E-state index contributed by atoms with van der Waals surface area (Å²) in [5, 5.41) is 26.8. The fourth-order valence-corrected chi connectivity index (χ4v) is 1.44. The van der Waals surface area contributed by atoms with Crippen molar-refractivity contribution in [3.05, 3.63) is 34.1 Å². The minimum atomic E-state index is -2.05. The highest BCUT2D eigenvalue weighted by atomic mass is 79.9. The van der Waals surface area contributed by atoms with Crippen LogP contribution >= 0.6 is 15.9 Å². The van der Waals surface area contributed by atoms with Gasteiger partial charge in [0.1, 0.15) is 11.9 Å². The maximum atomic E-state index is 13.4. The van der Waals surface area contributed by atoms with Crippen molar-refractivity contribution in [2.24, 2.45) is 0 Å². The van der Waals surface area contributed by atoms with E-state index in [0.717, 1.165) is 0 Å². The van der Waals surface area contributed by atoms with Crippen LogP contribution in [0, 0.1) is 5.82 Å². The molecule has 0 bridgehead atoms. The van der Waals surface area contributed by atoms with Gasteiger partial charge >= 0.3 is 5.97 Å². The number of aliphatic hydroxyl groups excluding tert-OH is 2. The summed E-state index contributed by atoms with van der Waals surface area (Å²) in [6.45, 7) is 0. The normalized spacial score (nSPS) is 14.7. The van der Waals surface area contributed by atoms with Crippen molar-refractivity contribution in [3.63, 3.8) is 0 Å². The number of rotatable bonds is 3. The smallest absolute Gasteiger partial charge is 0.335 e. The van der Waals surface area contributed by atoms with Crippen LogP contribution in [0.2, 0.25) is 0 Å². The van der Waals surface area contributed by atoms with Crippen molar-refractivity contribution in [1.82, 2.24) is 0 Å². The molecule has 2 unspecified atom stereocenters. The van der Waals surface area contributed by atoms with Crippen LogP contribution in [0.1, 0.15) is 11.7 Å². The first-order valence-corrected chi connectivity index (χ1v) is 4.77. The topological polar surface area (TPSA) is 77.8 Å². The van der Waals surface area contributed by atoms with E-state index in [-0.39, 0.29) is 10.0 Å². The Hall–Kier alpha value is -0.980. The van der Waals surface area contributed by atoms with Gasteiger partial charge in [-0.2, -0.15) is 0 Å². The molecule has 0 aliphatic carbocycles. The molecule has 15 heavy (non-hydrogen) atoms. The van der Waals surface area contributed by atoms with Crippen LogP contribution in [0.5, 0.6) is 0 Å². The van der Waals surface area contributed by atoms with Gasteiger partial charge in [-0.1, -0.05) is 12.1 Å².